The predicted molar refractivity (Wildman–Crippen MR) is 540 cm³/mol. The number of aromatic nitrogens is 14. The number of methoxy groups -OCH3 is 3. The van der Waals surface area contributed by atoms with Gasteiger partial charge in [0.25, 0.3) is 28.2 Å². The van der Waals surface area contributed by atoms with Gasteiger partial charge in [0.1, 0.15) is 27.7 Å². The Hall–Kier alpha value is -12.3. The molecule has 0 saturated heterocycles. The minimum Gasteiger partial charge on any atom is -0.261 e. The molecule has 29 nitrogen and oxygen atoms in total. The molecule has 8 aromatic carbocycles. The molecule has 18 rings (SSSR count). The van der Waals surface area contributed by atoms with Gasteiger partial charge in [0.15, 0.2) is 34.2 Å². The first-order chi connectivity index (χ1) is 67.5. The smallest absolute Gasteiger partial charge is 0.155 e. The van der Waals surface area contributed by atoms with Crippen molar-refractivity contribution in [3.8, 4) is 28.3 Å². The van der Waals surface area contributed by atoms with E-state index in [1.54, 1.807) is 146 Å². The Bertz CT molecular complexity index is 7270. The second-order valence-electron chi connectivity index (χ2n) is 27.2. The second kappa shape index (κ2) is 53.9. The minimum absolute atomic E-state index is 0.0551. The molecule has 0 aliphatic carbocycles. The number of anilines is 1. The van der Waals surface area contributed by atoms with Crippen LogP contribution >= 0.6 is 168 Å². The number of ether oxygens (including phenoxy) is 3. The van der Waals surface area contributed by atoms with E-state index >= 15 is 0 Å². The molecule has 2 radical (unpaired) electrons. The molecule has 0 spiro atoms. The first-order valence-corrected chi connectivity index (χ1v) is 44.8. The van der Waals surface area contributed by atoms with Crippen molar-refractivity contribution in [2.45, 2.75) is 12.8 Å². The standard InChI is InChI=1S/C21H12Cl2FN3O3.C15H16FN3O2.C13H6BrCl2N3O.C13H7Cl2N3O.C8H7BFO4.2C7H3Cl3O.C6H5N3.CH3F.BHNS/c1-30-21(29)11-7-8-12(16(24)10-11)18-13-4-3-9-25-19(13)27(26-18)20(28)17-14(22)5-2-6-15(17)23;1-19-7-3-4-11-13(17-18-14(11)19)10-6-5-9(8-12(10)16)15(20)21-2;14-11-7-3-2-6-17-12(7)19(18-11)13(20)10-8(15)4-1-5-9(10)16;14-9-4-1-5-10(15)11(9)13(19)18-12-8(7-17-18)3-2-6-16-12;1-13-8(11)5-2-3-7(14-9-12)6(10)4-5;2*8-4-2-1-3-5(9)6(4)7(10)11;1-2-5-4-8-9-6(5)7-3-1;1-2;1-2-3/h2-10H,1H3;5-6,8H,3-4,7H2,1-2H3,(H,17,18);1-6H;1-7H;2-4,12H,1H3;2*1-3H;1-4H,(H,7,8,9);1H3;3H/i;;;;;;;;1D;. The topological polar surface area (TPSA) is 372 Å². The SMILES string of the molecule is COC(=O)c1ccc(-c2[nH]nc3c2CCCN3C)c(F)c1.COC(=O)c1ccc(-c2nn(C(=O)c3c(Cl)cccc3Cl)c3ncccc23)c(F)c1.COC(=O)c1ccc(O[B]O)c(F)c1.O=C(Cl)c1c(Cl)cccc1Cl.O=C(Cl)c1c(Cl)cccc1Cl.O=C(c1c(Cl)cccc1Cl)n1nc(Br)c2cccnc21.O=C(c1c(Cl)cccc1Cl)n1ncc2cccnc21.[2H]CF.[B]=NS.c1cnc2[nH]ncc2c1. The Balaban J connectivity index is 0.000000183. The van der Waals surface area contributed by atoms with E-state index in [0.717, 1.165) is 69.4 Å². The number of nitrogens with zero attached hydrogens (tertiary/aromatic N) is 14. The van der Waals surface area contributed by atoms with Gasteiger partial charge in [0, 0.05) is 71.2 Å². The summed E-state index contributed by atoms with van der Waals surface area (Å²) in [6.07, 6.45) is 11.6. The Morgan fingerprint density at radius 2 is 0.886 bits per heavy atom. The van der Waals surface area contributed by atoms with Gasteiger partial charge >= 0.3 is 50.3 Å². The largest absolute Gasteiger partial charge is 0.261 e. The first-order valence-electron chi connectivity index (χ1n) is 39.8. The Kier molecular flexibility index (Phi) is 42.3. The number of carbonyl (C=O) groups excluding carboxylic acids is 8. The quantitative estimate of drug-likeness (QED) is 0.0220. The van der Waals surface area contributed by atoms with E-state index in [4.69, 9.17) is 146 Å². The van der Waals surface area contributed by atoms with Crippen LogP contribution in [0.4, 0.5) is 23.4 Å². The summed E-state index contributed by atoms with van der Waals surface area (Å²) < 4.78 is 82.3. The average Bonchev–Trinajstić information content (AvgIpc) is 1.61. The summed E-state index contributed by atoms with van der Waals surface area (Å²) >= 11 is 75.9. The van der Waals surface area contributed by atoms with Crippen LogP contribution in [0.25, 0.3) is 66.6 Å². The Morgan fingerprint density at radius 1 is 0.500 bits per heavy atom. The van der Waals surface area contributed by atoms with Crippen molar-refractivity contribution < 1.29 is 81.2 Å². The molecule has 716 valence electrons. The molecule has 0 unspecified atom stereocenters. The molecule has 140 heavy (non-hydrogen) atoms. The third-order valence-electron chi connectivity index (χ3n) is 18.8. The first kappa shape index (κ1) is 110. The fourth-order valence-electron chi connectivity index (χ4n) is 12.5. The second-order valence-corrected chi connectivity index (χ2v) is 33.0. The van der Waals surface area contributed by atoms with Crippen molar-refractivity contribution >= 4 is 279 Å². The molecular formula is C91H63B2BrCl12F4N16O13S. The summed E-state index contributed by atoms with van der Waals surface area (Å²) in [4.78, 5) is 112. The molecule has 10 heterocycles. The van der Waals surface area contributed by atoms with Crippen molar-refractivity contribution in [3.63, 3.8) is 0 Å². The molecule has 0 atom stereocenters. The van der Waals surface area contributed by atoms with Crippen molar-refractivity contribution in [3.05, 3.63) is 354 Å². The average molecular weight is 2220 g/mol. The van der Waals surface area contributed by atoms with E-state index in [9.17, 15) is 55.9 Å². The van der Waals surface area contributed by atoms with Crippen molar-refractivity contribution in [1.29, 1.82) is 0 Å². The molecule has 0 bridgehead atoms. The molecule has 0 fully saturated rings. The van der Waals surface area contributed by atoms with Gasteiger partial charge < -0.3 is 28.8 Å². The van der Waals surface area contributed by atoms with Gasteiger partial charge in [0.05, 0.1) is 148 Å². The number of alkyl halides is 1. The van der Waals surface area contributed by atoms with Gasteiger partial charge in [-0.3, -0.25) is 38.6 Å². The van der Waals surface area contributed by atoms with Crippen LogP contribution in [0.3, 0.4) is 0 Å². The molecule has 9 aromatic heterocycles. The van der Waals surface area contributed by atoms with E-state index in [2.05, 4.69) is 120 Å². The molecule has 1 aliphatic rings. The van der Waals surface area contributed by atoms with Crippen LogP contribution in [-0.4, -0.2) is 178 Å². The Morgan fingerprint density at radius 3 is 1.31 bits per heavy atom. The van der Waals surface area contributed by atoms with E-state index in [0.29, 0.717) is 40.2 Å². The van der Waals surface area contributed by atoms with Gasteiger partial charge in [-0.25, -0.2) is 47.5 Å². The molecule has 3 N–H and O–H groups in total. The van der Waals surface area contributed by atoms with E-state index in [1.165, 1.54) is 79.4 Å². The third kappa shape index (κ3) is 28.1. The van der Waals surface area contributed by atoms with Gasteiger partial charge in [-0.15, -0.1) is 0 Å². The Labute approximate surface area is 868 Å². The third-order valence-corrected chi connectivity index (χ3v) is 22.9. The van der Waals surface area contributed by atoms with Gasteiger partial charge in [-0.2, -0.15) is 39.5 Å². The molecule has 17 aromatic rings. The maximum Gasteiger partial charge on any atom is 0.155 e. The minimum atomic E-state index is -1.00. The number of halogens is 17. The zero-order valence-corrected chi connectivity index (χ0v) is 83.5. The number of rotatable bonds is 12. The van der Waals surface area contributed by atoms with Crippen LogP contribution < -0.4 is 9.55 Å². The number of esters is 3. The van der Waals surface area contributed by atoms with Crippen LogP contribution in [0.1, 0.15) is 96.2 Å². The number of pyridine rings is 4. The van der Waals surface area contributed by atoms with E-state index in [-0.39, 0.29) is 117 Å². The van der Waals surface area contributed by atoms with Crippen LogP contribution in [0.5, 0.6) is 5.75 Å². The number of hydrogen-bond donors (Lipinski definition) is 4. The van der Waals surface area contributed by atoms with Gasteiger partial charge in [0.2, 0.25) is 0 Å². The molecule has 1 aliphatic heterocycles. The van der Waals surface area contributed by atoms with Crippen molar-refractivity contribution in [2.24, 2.45) is 4.30 Å². The van der Waals surface area contributed by atoms with Crippen LogP contribution in [0, 0.1) is 17.5 Å². The molecule has 0 saturated carbocycles. The van der Waals surface area contributed by atoms with Crippen molar-refractivity contribution in [2.75, 3.05) is 47.0 Å². The number of thiol groups is 1. The summed E-state index contributed by atoms with van der Waals surface area (Å²) in [6.45, 7) is 0.945. The molecule has 0 amide bonds. The normalized spacial score (nSPS) is 10.8. The maximum absolute atomic E-state index is 14.8. The van der Waals surface area contributed by atoms with E-state index in [1.807, 2.05) is 31.3 Å². The van der Waals surface area contributed by atoms with Crippen LogP contribution in [0.15, 0.2) is 240 Å². The van der Waals surface area contributed by atoms with E-state index < -0.39 is 70.7 Å². The number of hydrogen-bond acceptors (Lipinski definition) is 25. The fraction of sp³-hybridized carbons (Fsp3) is 0.0879. The van der Waals surface area contributed by atoms with Gasteiger partial charge in [-0.1, -0.05) is 146 Å². The van der Waals surface area contributed by atoms with Crippen LogP contribution in [-0.2, 0) is 20.6 Å². The number of carbonyl (C=O) groups is 8. The summed E-state index contributed by atoms with van der Waals surface area (Å²) in [5, 5.41) is 38.8. The summed E-state index contributed by atoms with van der Waals surface area (Å²) in [6, 6.07) is 50.1. The zero-order chi connectivity index (χ0) is 103. The maximum atomic E-state index is 14.8. The monoisotopic (exact) mass is 2220 g/mol. The zero-order valence-electron chi connectivity index (χ0n) is 72.9. The number of benzene rings is 8. The number of nitrogens with one attached hydrogen (secondary N) is 2. The summed E-state index contributed by atoms with van der Waals surface area (Å²) in [5.41, 5.74) is 5.54. The molecular weight excluding hydrogens is 2160 g/mol. The number of H-pyrrole nitrogens is 2. The van der Waals surface area contributed by atoms with Gasteiger partial charge in [-0.05, 0) is 216 Å². The summed E-state index contributed by atoms with van der Waals surface area (Å²) in [7, 11) is 9.35. The molecule has 49 heteroatoms. The predicted octanol–water partition coefficient (Wildman–Crippen LogP) is 24.0. The van der Waals surface area contributed by atoms with Crippen molar-refractivity contribution in [1.82, 2.24) is 69.7 Å². The fourth-order valence-corrected chi connectivity index (χ4v) is 16.4. The number of aromatic amines is 2. The van der Waals surface area contributed by atoms with Crippen LogP contribution in [0.2, 0.25) is 50.2 Å². The number of fused-ring (bicyclic) bond motifs is 5. The summed E-state index contributed by atoms with van der Waals surface area (Å²) in [5.74, 6) is -4.48.